The Morgan fingerprint density at radius 3 is 2.48 bits per heavy atom. The van der Waals surface area contributed by atoms with Gasteiger partial charge in [0, 0.05) is 45.9 Å². The van der Waals surface area contributed by atoms with Gasteiger partial charge in [-0.3, -0.25) is 14.8 Å². The molecule has 0 saturated carbocycles. The van der Waals surface area contributed by atoms with Gasteiger partial charge in [-0.15, -0.1) is 11.3 Å². The van der Waals surface area contributed by atoms with Crippen LogP contribution in [0.15, 0.2) is 60.7 Å². The molecule has 0 bridgehead atoms. The molecule has 33 heavy (non-hydrogen) atoms. The molecule has 0 aromatic carbocycles. The lowest BCUT2D eigenvalue weighted by Crippen LogP contribution is -2.08. The van der Waals surface area contributed by atoms with Crippen LogP contribution in [-0.4, -0.2) is 31.4 Å². The van der Waals surface area contributed by atoms with E-state index in [0.29, 0.717) is 22.4 Å². The Labute approximate surface area is 196 Å². The number of carboxylic acid groups (broad SMARTS) is 1. The van der Waals surface area contributed by atoms with E-state index >= 15 is 0 Å². The molecule has 0 fully saturated rings. The summed E-state index contributed by atoms with van der Waals surface area (Å²) in [5, 5.41) is 9.33. The molecule has 0 aliphatic carbocycles. The molecule has 4 heterocycles. The van der Waals surface area contributed by atoms with E-state index in [0.717, 1.165) is 21.7 Å². The molecule has 8 heteroatoms. The summed E-state index contributed by atoms with van der Waals surface area (Å²) in [5.41, 5.74) is 10.7. The highest BCUT2D eigenvalue weighted by Crippen LogP contribution is 2.37. The van der Waals surface area contributed by atoms with Crippen LogP contribution in [0.25, 0.3) is 27.0 Å². The van der Waals surface area contributed by atoms with Crippen molar-refractivity contribution in [3.8, 4) is 10.4 Å². The summed E-state index contributed by atoms with van der Waals surface area (Å²) in [7, 11) is 0. The zero-order chi connectivity index (χ0) is 23.0. The number of Topliss-reactive ketones (excluding diaryl/α,β-unsaturated/α-hetero) is 1. The van der Waals surface area contributed by atoms with Gasteiger partial charge in [0.05, 0.1) is 22.8 Å². The number of nitrogens with zero attached hydrogens (tertiary/aromatic N) is 3. The molecule has 170 valence electrons. The van der Waals surface area contributed by atoms with Crippen molar-refractivity contribution in [3.63, 3.8) is 0 Å². The number of aromatic nitrogens is 3. The Morgan fingerprint density at radius 2 is 1.91 bits per heavy atom. The third-order valence-electron chi connectivity index (χ3n) is 5.32. The first-order chi connectivity index (χ1) is 15.3. The summed E-state index contributed by atoms with van der Waals surface area (Å²) in [4.78, 5) is 33.8. The molecule has 3 N–H and O–H groups in total. The number of nitrogens with two attached hydrogens (primary N) is 1. The van der Waals surface area contributed by atoms with Gasteiger partial charge >= 0.3 is 5.97 Å². The smallest absolute Gasteiger partial charge is 0.345 e. The van der Waals surface area contributed by atoms with Crippen molar-refractivity contribution in [3.05, 3.63) is 76.8 Å². The Morgan fingerprint density at radius 1 is 1.15 bits per heavy atom. The summed E-state index contributed by atoms with van der Waals surface area (Å²) in [5.74, 6) is -1.09. The highest BCUT2D eigenvalue weighted by molar-refractivity contribution is 7.17. The Bertz CT molecular complexity index is 1370. The second-order valence-electron chi connectivity index (χ2n) is 7.56. The molecular formula is C25H26N4O3S. The maximum atomic E-state index is 12.2. The van der Waals surface area contributed by atoms with Crippen LogP contribution < -0.4 is 5.73 Å². The zero-order valence-electron chi connectivity index (χ0n) is 17.9. The van der Waals surface area contributed by atoms with Crippen molar-refractivity contribution in [1.29, 1.82) is 0 Å². The van der Waals surface area contributed by atoms with E-state index in [2.05, 4.69) is 9.97 Å². The molecule has 7 nitrogen and oxygen atoms in total. The maximum absolute atomic E-state index is 12.2. The minimum Gasteiger partial charge on any atom is -0.477 e. The number of fused-ring (bicyclic) bond motifs is 1. The van der Waals surface area contributed by atoms with Crippen LogP contribution in [0.3, 0.4) is 0 Å². The molecule has 4 aromatic rings. The van der Waals surface area contributed by atoms with Crippen LogP contribution in [0.4, 0.5) is 0 Å². The number of thiophene rings is 1. The van der Waals surface area contributed by atoms with E-state index in [4.69, 9.17) is 5.73 Å². The Hall–Kier alpha value is -3.78. The van der Waals surface area contributed by atoms with Crippen molar-refractivity contribution in [2.45, 2.75) is 34.2 Å². The number of allylic oxidation sites excluding steroid dienone is 2. The predicted octanol–water partition coefficient (Wildman–Crippen LogP) is 5.38. The van der Waals surface area contributed by atoms with Crippen LogP contribution in [-0.2, 0) is 4.79 Å². The molecule has 0 spiro atoms. The summed E-state index contributed by atoms with van der Waals surface area (Å²) in [6.07, 6.45) is 5.35. The van der Waals surface area contributed by atoms with E-state index in [9.17, 15) is 14.7 Å². The molecule has 0 amide bonds. The number of rotatable bonds is 6. The van der Waals surface area contributed by atoms with Crippen LogP contribution in [0.5, 0.6) is 0 Å². The molecular weight excluding hydrogens is 436 g/mol. The number of aromatic carboxylic acids is 1. The molecule has 0 aliphatic heterocycles. The van der Waals surface area contributed by atoms with E-state index in [1.54, 1.807) is 31.5 Å². The standard InChI is InChI=1S/C24H22N4O3S.CH4/c1-13(25)22(15(3)29)16-10-19-23(27-11-16)17(20-7-8-21(32-20)24(30)31)12-28(19)14(2)18-6-4-5-9-26-18;/h4-12,14H,25H2,1-3H3,(H,30,31);1H4/t14-;/m0./s1. The van der Waals surface area contributed by atoms with Gasteiger partial charge in [0.1, 0.15) is 4.88 Å². The van der Waals surface area contributed by atoms with E-state index in [-0.39, 0.29) is 24.1 Å². The number of ketones is 1. The van der Waals surface area contributed by atoms with Crippen molar-refractivity contribution in [2.24, 2.45) is 5.73 Å². The summed E-state index contributed by atoms with van der Waals surface area (Å²) >= 11 is 1.20. The van der Waals surface area contributed by atoms with Crippen molar-refractivity contribution in [1.82, 2.24) is 14.5 Å². The molecule has 0 aliphatic rings. The predicted molar refractivity (Wildman–Crippen MR) is 132 cm³/mol. The number of hydrogen-bond donors (Lipinski definition) is 2. The van der Waals surface area contributed by atoms with Gasteiger partial charge in [-0.2, -0.15) is 0 Å². The van der Waals surface area contributed by atoms with Crippen molar-refractivity contribution in [2.75, 3.05) is 0 Å². The monoisotopic (exact) mass is 462 g/mol. The fourth-order valence-corrected chi connectivity index (χ4v) is 4.69. The van der Waals surface area contributed by atoms with Gasteiger partial charge < -0.3 is 15.4 Å². The molecule has 0 radical (unpaired) electrons. The average molecular weight is 463 g/mol. The molecule has 1 atom stereocenters. The van der Waals surface area contributed by atoms with E-state index < -0.39 is 5.97 Å². The third-order valence-corrected chi connectivity index (χ3v) is 6.43. The van der Waals surface area contributed by atoms with Crippen LogP contribution in [0.1, 0.15) is 55.2 Å². The number of carbonyl (C=O) groups is 2. The summed E-state index contributed by atoms with van der Waals surface area (Å²) in [6.45, 7) is 5.21. The first kappa shape index (κ1) is 23.9. The number of carboxylic acids is 1. The van der Waals surface area contributed by atoms with Gasteiger partial charge in [-0.25, -0.2) is 4.79 Å². The van der Waals surface area contributed by atoms with Gasteiger partial charge in [-0.05, 0) is 51.1 Å². The number of pyridine rings is 2. The SMILES string of the molecule is C.CC(=O)C(=C(C)N)c1cnc2c(-c3ccc(C(=O)O)s3)cn([C@@H](C)c3ccccn3)c2c1. The van der Waals surface area contributed by atoms with Gasteiger partial charge in [0.15, 0.2) is 5.78 Å². The summed E-state index contributed by atoms with van der Waals surface area (Å²) in [6, 6.07) is 10.9. The molecule has 0 unspecified atom stereocenters. The average Bonchev–Trinajstić information content (AvgIpc) is 3.38. The number of hydrogen-bond acceptors (Lipinski definition) is 6. The van der Waals surface area contributed by atoms with Crippen LogP contribution in [0.2, 0.25) is 0 Å². The van der Waals surface area contributed by atoms with Crippen LogP contribution >= 0.6 is 11.3 Å². The van der Waals surface area contributed by atoms with Crippen LogP contribution in [0, 0.1) is 0 Å². The van der Waals surface area contributed by atoms with Gasteiger partial charge in [0.25, 0.3) is 0 Å². The minimum absolute atomic E-state index is 0. The van der Waals surface area contributed by atoms with Crippen molar-refractivity contribution < 1.29 is 14.7 Å². The number of carbonyl (C=O) groups excluding carboxylic acids is 1. The second kappa shape index (κ2) is 9.38. The highest BCUT2D eigenvalue weighted by atomic mass is 32.1. The van der Waals surface area contributed by atoms with Gasteiger partial charge in [-0.1, -0.05) is 13.5 Å². The maximum Gasteiger partial charge on any atom is 0.345 e. The van der Waals surface area contributed by atoms with Gasteiger partial charge in [0.2, 0.25) is 0 Å². The Kier molecular flexibility index (Phi) is 6.78. The molecule has 4 aromatic heterocycles. The van der Waals surface area contributed by atoms with Crippen molar-refractivity contribution >= 4 is 39.7 Å². The molecule has 0 saturated heterocycles. The lowest BCUT2D eigenvalue weighted by molar-refractivity contribution is -0.111. The quantitative estimate of drug-likeness (QED) is 0.372. The minimum atomic E-state index is -0.961. The lowest BCUT2D eigenvalue weighted by Gasteiger charge is -2.15. The lowest BCUT2D eigenvalue weighted by atomic mass is 10.0. The third kappa shape index (κ3) is 4.42. The van der Waals surface area contributed by atoms with E-state index in [1.165, 1.54) is 18.3 Å². The first-order valence-electron chi connectivity index (χ1n) is 10.0. The first-order valence-corrected chi connectivity index (χ1v) is 10.8. The second-order valence-corrected chi connectivity index (χ2v) is 8.64. The normalized spacial score (nSPS) is 12.7. The van der Waals surface area contributed by atoms with E-state index in [1.807, 2.05) is 42.0 Å². The fourth-order valence-electron chi connectivity index (χ4n) is 3.84. The Balaban J connectivity index is 0.00000306. The topological polar surface area (TPSA) is 111 Å². The summed E-state index contributed by atoms with van der Waals surface area (Å²) < 4.78 is 2.05. The molecule has 4 rings (SSSR count). The zero-order valence-corrected chi connectivity index (χ0v) is 18.7. The highest BCUT2D eigenvalue weighted by Gasteiger charge is 2.21. The fraction of sp³-hybridized carbons (Fsp3) is 0.200. The largest absolute Gasteiger partial charge is 0.477 e.